The van der Waals surface area contributed by atoms with Crippen LogP contribution in [-0.4, -0.2) is 25.9 Å². The molecule has 1 aliphatic heterocycles. The molecule has 1 N–H and O–H groups in total. The minimum Gasteiger partial charge on any atom is -0.496 e. The van der Waals surface area contributed by atoms with E-state index in [4.69, 9.17) is 9.47 Å². The predicted octanol–water partition coefficient (Wildman–Crippen LogP) is 4.37. The van der Waals surface area contributed by atoms with Gasteiger partial charge in [0.05, 0.1) is 25.4 Å². The number of ether oxygens (including phenoxy) is 2. The molecule has 1 aromatic rings. The van der Waals surface area contributed by atoms with Crippen LogP contribution in [0.2, 0.25) is 0 Å². The van der Waals surface area contributed by atoms with Gasteiger partial charge in [0.15, 0.2) is 0 Å². The molecule has 3 unspecified atom stereocenters. The summed E-state index contributed by atoms with van der Waals surface area (Å²) >= 11 is 3.64. The maximum Gasteiger partial charge on any atom is 0.124 e. The highest BCUT2D eigenvalue weighted by Crippen LogP contribution is 2.37. The monoisotopic (exact) mass is 355 g/mol. The number of hydrogen-bond donors (Lipinski definition) is 1. The Morgan fingerprint density at radius 2 is 2.19 bits per heavy atom. The number of rotatable bonds is 6. The molecule has 0 bridgehead atoms. The van der Waals surface area contributed by atoms with Crippen molar-refractivity contribution >= 4 is 15.9 Å². The molecule has 1 saturated heterocycles. The van der Waals surface area contributed by atoms with Crippen LogP contribution in [0.3, 0.4) is 0 Å². The van der Waals surface area contributed by atoms with E-state index in [9.17, 15) is 0 Å². The van der Waals surface area contributed by atoms with Gasteiger partial charge < -0.3 is 14.8 Å². The van der Waals surface area contributed by atoms with Gasteiger partial charge in [-0.05, 0) is 57.4 Å². The lowest BCUT2D eigenvalue weighted by Gasteiger charge is -2.27. The van der Waals surface area contributed by atoms with E-state index in [1.54, 1.807) is 7.11 Å². The van der Waals surface area contributed by atoms with Crippen LogP contribution >= 0.6 is 15.9 Å². The second-order valence-electron chi connectivity index (χ2n) is 5.84. The standard InChI is InChI=1S/C17H26BrNO2/c1-5-8-19-17(15-7-6-12(3)21-15)13-10-14(18)11(2)9-16(13)20-4/h9-10,12,15,17,19H,5-8H2,1-4H3. The third-order valence-corrected chi connectivity index (χ3v) is 4.95. The first-order valence-electron chi connectivity index (χ1n) is 7.79. The van der Waals surface area contributed by atoms with Crippen LogP contribution in [0, 0.1) is 6.92 Å². The number of nitrogens with one attached hydrogen (secondary N) is 1. The average molecular weight is 356 g/mol. The molecular formula is C17H26BrNO2. The predicted molar refractivity (Wildman–Crippen MR) is 90.0 cm³/mol. The molecule has 3 atom stereocenters. The highest BCUT2D eigenvalue weighted by Gasteiger charge is 2.32. The fourth-order valence-electron chi connectivity index (χ4n) is 2.91. The summed E-state index contributed by atoms with van der Waals surface area (Å²) in [5.74, 6) is 0.937. The van der Waals surface area contributed by atoms with Crippen molar-refractivity contribution in [1.82, 2.24) is 5.32 Å². The Morgan fingerprint density at radius 1 is 1.43 bits per heavy atom. The van der Waals surface area contributed by atoms with Gasteiger partial charge in [-0.1, -0.05) is 22.9 Å². The first-order valence-corrected chi connectivity index (χ1v) is 8.59. The van der Waals surface area contributed by atoms with Crippen molar-refractivity contribution in [3.05, 3.63) is 27.7 Å². The zero-order valence-corrected chi connectivity index (χ0v) is 15.0. The Hall–Kier alpha value is -0.580. The van der Waals surface area contributed by atoms with Gasteiger partial charge in [-0.15, -0.1) is 0 Å². The fourth-order valence-corrected chi connectivity index (χ4v) is 3.27. The number of aryl methyl sites for hydroxylation is 1. The van der Waals surface area contributed by atoms with E-state index < -0.39 is 0 Å². The van der Waals surface area contributed by atoms with Crippen LogP contribution in [0.15, 0.2) is 16.6 Å². The van der Waals surface area contributed by atoms with Crippen molar-refractivity contribution in [3.63, 3.8) is 0 Å². The number of benzene rings is 1. The van der Waals surface area contributed by atoms with Crippen molar-refractivity contribution in [2.24, 2.45) is 0 Å². The topological polar surface area (TPSA) is 30.5 Å². The van der Waals surface area contributed by atoms with Crippen molar-refractivity contribution in [1.29, 1.82) is 0 Å². The van der Waals surface area contributed by atoms with Gasteiger partial charge in [0.1, 0.15) is 5.75 Å². The Labute approximate surface area is 136 Å². The maximum absolute atomic E-state index is 6.11. The molecule has 21 heavy (non-hydrogen) atoms. The van der Waals surface area contributed by atoms with E-state index in [0.717, 1.165) is 36.0 Å². The summed E-state index contributed by atoms with van der Waals surface area (Å²) in [6.07, 6.45) is 3.89. The van der Waals surface area contributed by atoms with E-state index in [1.807, 2.05) is 0 Å². The molecule has 1 heterocycles. The summed E-state index contributed by atoms with van der Waals surface area (Å²) in [5, 5.41) is 3.64. The molecule has 0 aliphatic carbocycles. The van der Waals surface area contributed by atoms with Crippen molar-refractivity contribution in [2.75, 3.05) is 13.7 Å². The number of hydrogen-bond acceptors (Lipinski definition) is 3. The SMILES string of the molecule is CCCNC(c1cc(Br)c(C)cc1OC)C1CCC(C)O1. The fraction of sp³-hybridized carbons (Fsp3) is 0.647. The minimum atomic E-state index is 0.182. The van der Waals surface area contributed by atoms with Gasteiger partial charge in [0.25, 0.3) is 0 Å². The Kier molecular flexibility index (Phi) is 6.08. The molecule has 0 saturated carbocycles. The van der Waals surface area contributed by atoms with Gasteiger partial charge in [-0.25, -0.2) is 0 Å². The summed E-state index contributed by atoms with van der Waals surface area (Å²) in [5.41, 5.74) is 2.37. The zero-order chi connectivity index (χ0) is 15.4. The lowest BCUT2D eigenvalue weighted by atomic mass is 9.97. The Morgan fingerprint density at radius 3 is 2.76 bits per heavy atom. The minimum absolute atomic E-state index is 0.182. The van der Waals surface area contributed by atoms with E-state index in [1.165, 1.54) is 11.1 Å². The van der Waals surface area contributed by atoms with E-state index in [-0.39, 0.29) is 12.1 Å². The normalized spacial score (nSPS) is 23.3. The van der Waals surface area contributed by atoms with Crippen molar-refractivity contribution in [3.8, 4) is 5.75 Å². The summed E-state index contributed by atoms with van der Waals surface area (Å²) < 4.78 is 12.8. The molecule has 3 nitrogen and oxygen atoms in total. The van der Waals surface area contributed by atoms with Crippen LogP contribution in [0.5, 0.6) is 5.75 Å². The van der Waals surface area contributed by atoms with Crippen LogP contribution in [0.4, 0.5) is 0 Å². The molecule has 118 valence electrons. The summed E-state index contributed by atoms with van der Waals surface area (Å²) in [7, 11) is 1.74. The van der Waals surface area contributed by atoms with Gasteiger partial charge in [0, 0.05) is 10.0 Å². The second-order valence-corrected chi connectivity index (χ2v) is 6.69. The van der Waals surface area contributed by atoms with Crippen molar-refractivity contribution < 1.29 is 9.47 Å². The lowest BCUT2D eigenvalue weighted by molar-refractivity contribution is 0.0311. The van der Waals surface area contributed by atoms with Crippen LogP contribution in [-0.2, 0) is 4.74 Å². The van der Waals surface area contributed by atoms with Gasteiger partial charge in [-0.2, -0.15) is 0 Å². The molecule has 0 amide bonds. The molecule has 2 rings (SSSR count). The van der Waals surface area contributed by atoms with Crippen LogP contribution < -0.4 is 10.1 Å². The highest BCUT2D eigenvalue weighted by molar-refractivity contribution is 9.10. The maximum atomic E-state index is 6.11. The van der Waals surface area contributed by atoms with Gasteiger partial charge in [0.2, 0.25) is 0 Å². The number of methoxy groups -OCH3 is 1. The molecule has 1 fully saturated rings. The van der Waals surface area contributed by atoms with Crippen molar-refractivity contribution in [2.45, 2.75) is 58.3 Å². The van der Waals surface area contributed by atoms with E-state index in [2.05, 4.69) is 54.2 Å². The molecule has 1 aromatic carbocycles. The highest BCUT2D eigenvalue weighted by atomic mass is 79.9. The zero-order valence-electron chi connectivity index (χ0n) is 13.4. The first-order chi connectivity index (χ1) is 10.1. The summed E-state index contributed by atoms with van der Waals surface area (Å²) in [6, 6.07) is 4.45. The summed E-state index contributed by atoms with van der Waals surface area (Å²) in [6.45, 7) is 7.40. The first kappa shape index (κ1) is 16.8. The largest absolute Gasteiger partial charge is 0.496 e. The lowest BCUT2D eigenvalue weighted by Crippen LogP contribution is -2.33. The van der Waals surface area contributed by atoms with E-state index in [0.29, 0.717) is 6.10 Å². The molecule has 0 radical (unpaired) electrons. The van der Waals surface area contributed by atoms with Gasteiger partial charge in [-0.3, -0.25) is 0 Å². The third-order valence-electron chi connectivity index (χ3n) is 4.10. The van der Waals surface area contributed by atoms with E-state index >= 15 is 0 Å². The third kappa shape index (κ3) is 3.99. The molecule has 0 spiro atoms. The molecular weight excluding hydrogens is 330 g/mol. The molecule has 1 aliphatic rings. The molecule has 0 aromatic heterocycles. The Bertz CT molecular complexity index is 478. The summed E-state index contributed by atoms with van der Waals surface area (Å²) in [4.78, 5) is 0. The second kappa shape index (κ2) is 7.61. The van der Waals surface area contributed by atoms with Gasteiger partial charge >= 0.3 is 0 Å². The average Bonchev–Trinajstić information content (AvgIpc) is 2.89. The van der Waals surface area contributed by atoms with Crippen LogP contribution in [0.1, 0.15) is 50.3 Å². The van der Waals surface area contributed by atoms with Crippen LogP contribution in [0.25, 0.3) is 0 Å². The number of halogens is 1. The smallest absolute Gasteiger partial charge is 0.124 e. The quantitative estimate of drug-likeness (QED) is 0.821. The molecule has 4 heteroatoms. The Balaban J connectivity index is 2.33.